The third kappa shape index (κ3) is 4.65. The number of piperazine rings is 1. The van der Waals surface area contributed by atoms with Gasteiger partial charge in [-0.15, -0.1) is 24.8 Å². The maximum absolute atomic E-state index is 10.0. The number of methoxy groups -OCH3 is 1. The van der Waals surface area contributed by atoms with E-state index in [0.717, 1.165) is 42.6 Å². The molecule has 1 aromatic carbocycles. The van der Waals surface area contributed by atoms with Gasteiger partial charge in [0.2, 0.25) is 0 Å². The first-order valence-electron chi connectivity index (χ1n) is 6.79. The second-order valence-corrected chi connectivity index (χ2v) is 6.44. The van der Waals surface area contributed by atoms with Crippen LogP contribution in [-0.2, 0) is 0 Å². The lowest BCUT2D eigenvalue weighted by Crippen LogP contribution is -2.45. The molecule has 0 amide bonds. The van der Waals surface area contributed by atoms with Gasteiger partial charge in [-0.25, -0.2) is 0 Å². The van der Waals surface area contributed by atoms with Crippen LogP contribution < -0.4 is 10.1 Å². The number of phenolic OH excluding ortho intramolecular Hbond substituents is 1. The van der Waals surface area contributed by atoms with E-state index >= 15 is 0 Å². The van der Waals surface area contributed by atoms with Crippen molar-refractivity contribution in [3.8, 4) is 11.5 Å². The van der Waals surface area contributed by atoms with Gasteiger partial charge in [-0.2, -0.15) is 0 Å². The number of phenols is 1. The Morgan fingerprint density at radius 1 is 1.27 bits per heavy atom. The summed E-state index contributed by atoms with van der Waals surface area (Å²) in [5.74, 6) is 0.641. The summed E-state index contributed by atoms with van der Waals surface area (Å²) >= 11 is 7.03. The number of rotatable bonds is 4. The van der Waals surface area contributed by atoms with E-state index in [2.05, 4.69) is 49.0 Å². The fourth-order valence-corrected chi connectivity index (χ4v) is 3.67. The number of ether oxygens (including phenoxy) is 1. The summed E-state index contributed by atoms with van der Waals surface area (Å²) in [6.07, 6.45) is 1.01. The highest BCUT2D eigenvalue weighted by molar-refractivity contribution is 9.13. The molecule has 128 valence electrons. The van der Waals surface area contributed by atoms with Crippen molar-refractivity contribution in [3.63, 3.8) is 0 Å². The van der Waals surface area contributed by atoms with Crippen LogP contribution in [-0.4, -0.2) is 43.3 Å². The molecule has 1 atom stereocenters. The van der Waals surface area contributed by atoms with Gasteiger partial charge in [0.15, 0.2) is 11.5 Å². The van der Waals surface area contributed by atoms with Crippen molar-refractivity contribution in [1.82, 2.24) is 10.2 Å². The second-order valence-electron chi connectivity index (χ2n) is 4.85. The second kappa shape index (κ2) is 10.2. The van der Waals surface area contributed by atoms with Crippen molar-refractivity contribution in [3.05, 3.63) is 20.6 Å². The zero-order chi connectivity index (χ0) is 14.7. The Morgan fingerprint density at radius 3 is 2.36 bits per heavy atom. The number of nitrogens with zero attached hydrogens (tertiary/aromatic N) is 1. The maximum atomic E-state index is 10.0. The van der Waals surface area contributed by atoms with E-state index in [9.17, 15) is 5.11 Å². The van der Waals surface area contributed by atoms with Crippen LogP contribution in [0.5, 0.6) is 11.5 Å². The summed E-state index contributed by atoms with van der Waals surface area (Å²) in [5, 5.41) is 13.4. The summed E-state index contributed by atoms with van der Waals surface area (Å²) in [4.78, 5) is 2.47. The predicted octanol–water partition coefficient (Wildman–Crippen LogP) is 4.13. The molecule has 0 unspecified atom stereocenters. The zero-order valence-corrected chi connectivity index (χ0v) is 17.4. The molecule has 0 spiro atoms. The Balaban J connectivity index is 0.00000220. The smallest absolute Gasteiger partial charge is 0.173 e. The fourth-order valence-electron chi connectivity index (χ4n) is 2.68. The van der Waals surface area contributed by atoms with Crippen LogP contribution in [0, 0.1) is 0 Å². The molecule has 0 aromatic heterocycles. The number of nitrogens with one attached hydrogen (secondary N) is 1. The van der Waals surface area contributed by atoms with Crippen LogP contribution in [0.1, 0.15) is 24.9 Å². The van der Waals surface area contributed by atoms with Crippen LogP contribution >= 0.6 is 56.7 Å². The molecule has 1 fully saturated rings. The monoisotopic (exact) mass is 478 g/mol. The average molecular weight is 481 g/mol. The maximum Gasteiger partial charge on any atom is 0.173 e. The van der Waals surface area contributed by atoms with Gasteiger partial charge in [0.25, 0.3) is 0 Å². The normalized spacial score (nSPS) is 16.4. The van der Waals surface area contributed by atoms with Crippen LogP contribution in [0.4, 0.5) is 0 Å². The number of benzene rings is 1. The lowest BCUT2D eigenvalue weighted by molar-refractivity contribution is 0.168. The average Bonchev–Trinajstić information content (AvgIpc) is 2.49. The fraction of sp³-hybridized carbons (Fsp3) is 0.571. The highest BCUT2D eigenvalue weighted by Gasteiger charge is 2.25. The van der Waals surface area contributed by atoms with Crippen LogP contribution in [0.3, 0.4) is 0 Å². The van der Waals surface area contributed by atoms with E-state index in [0.29, 0.717) is 16.3 Å². The van der Waals surface area contributed by atoms with Gasteiger partial charge in [0.05, 0.1) is 11.6 Å². The van der Waals surface area contributed by atoms with Crippen LogP contribution in [0.25, 0.3) is 0 Å². The molecule has 1 aromatic rings. The van der Waals surface area contributed by atoms with Crippen molar-refractivity contribution in [2.24, 2.45) is 0 Å². The molecule has 8 heteroatoms. The lowest BCUT2D eigenvalue weighted by Gasteiger charge is -2.35. The van der Waals surface area contributed by atoms with Crippen LogP contribution in [0.2, 0.25) is 0 Å². The predicted molar refractivity (Wildman–Crippen MR) is 102 cm³/mol. The molecule has 22 heavy (non-hydrogen) atoms. The summed E-state index contributed by atoms with van der Waals surface area (Å²) in [7, 11) is 1.57. The molecule has 1 aliphatic rings. The van der Waals surface area contributed by atoms with E-state index in [1.807, 2.05) is 6.07 Å². The Hall–Kier alpha value is 0.280. The molecule has 0 saturated carbocycles. The third-order valence-electron chi connectivity index (χ3n) is 3.73. The standard InChI is InChI=1S/C14H20Br2N2O2.2ClH/c1-3-10(18-6-4-17-5-7-18)9-8-11(20-2)14(19)13(16)12(9)15;;/h8,10,17,19H,3-7H2,1-2H3;2*1H/t10-;;/m1../s1. The van der Waals surface area contributed by atoms with Crippen molar-refractivity contribution in [2.45, 2.75) is 19.4 Å². The Morgan fingerprint density at radius 2 is 1.86 bits per heavy atom. The number of aromatic hydroxyl groups is 1. The number of hydrogen-bond donors (Lipinski definition) is 2. The lowest BCUT2D eigenvalue weighted by atomic mass is 10.0. The van der Waals surface area contributed by atoms with E-state index < -0.39 is 0 Å². The summed E-state index contributed by atoms with van der Waals surface area (Å²) in [6, 6.07) is 2.25. The first-order valence-corrected chi connectivity index (χ1v) is 8.38. The molecule has 0 bridgehead atoms. The molecule has 1 aliphatic heterocycles. The Bertz CT molecular complexity index is 486. The van der Waals surface area contributed by atoms with E-state index in [4.69, 9.17) is 4.74 Å². The number of hydrogen-bond acceptors (Lipinski definition) is 4. The van der Waals surface area contributed by atoms with Gasteiger partial charge >= 0.3 is 0 Å². The molecule has 0 radical (unpaired) electrons. The molecular formula is C14H22Br2Cl2N2O2. The first-order chi connectivity index (χ1) is 9.60. The molecule has 2 N–H and O–H groups in total. The summed E-state index contributed by atoms with van der Waals surface area (Å²) in [6.45, 7) is 6.29. The SMILES string of the molecule is CC[C@H](c1cc(OC)c(O)c(Br)c1Br)N1CCNCC1.Cl.Cl. The quantitative estimate of drug-likeness (QED) is 0.680. The van der Waals surface area contributed by atoms with Crippen molar-refractivity contribution in [1.29, 1.82) is 0 Å². The van der Waals surface area contributed by atoms with Gasteiger partial charge in [0.1, 0.15) is 0 Å². The molecule has 2 rings (SSSR count). The molecule has 1 heterocycles. The Labute approximate surface area is 161 Å². The Kier molecular flexibility index (Phi) is 10.3. The minimum absolute atomic E-state index is 0. The first kappa shape index (κ1) is 22.3. The number of halogens is 4. The van der Waals surface area contributed by atoms with Gasteiger partial charge in [-0.05, 0) is 49.9 Å². The highest BCUT2D eigenvalue weighted by atomic mass is 79.9. The molecule has 1 saturated heterocycles. The van der Waals surface area contributed by atoms with Gasteiger partial charge in [-0.1, -0.05) is 6.92 Å². The summed E-state index contributed by atoms with van der Waals surface area (Å²) < 4.78 is 6.83. The minimum Gasteiger partial charge on any atom is -0.503 e. The van der Waals surface area contributed by atoms with Gasteiger partial charge in [0, 0.05) is 36.7 Å². The van der Waals surface area contributed by atoms with E-state index in [1.165, 1.54) is 0 Å². The minimum atomic E-state index is 0. The summed E-state index contributed by atoms with van der Waals surface area (Å²) in [5.41, 5.74) is 1.15. The molecular weight excluding hydrogens is 459 g/mol. The van der Waals surface area contributed by atoms with Gasteiger partial charge < -0.3 is 15.2 Å². The molecule has 0 aliphatic carbocycles. The highest BCUT2D eigenvalue weighted by Crippen LogP contribution is 2.45. The zero-order valence-electron chi connectivity index (χ0n) is 12.6. The van der Waals surface area contributed by atoms with Crippen molar-refractivity contribution >= 4 is 56.7 Å². The molecule has 4 nitrogen and oxygen atoms in total. The van der Waals surface area contributed by atoms with E-state index in [-0.39, 0.29) is 30.6 Å². The van der Waals surface area contributed by atoms with Crippen molar-refractivity contribution in [2.75, 3.05) is 33.3 Å². The van der Waals surface area contributed by atoms with Crippen LogP contribution in [0.15, 0.2) is 15.0 Å². The van der Waals surface area contributed by atoms with Crippen molar-refractivity contribution < 1.29 is 9.84 Å². The largest absolute Gasteiger partial charge is 0.503 e. The van der Waals surface area contributed by atoms with E-state index in [1.54, 1.807) is 7.11 Å². The third-order valence-corrected chi connectivity index (χ3v) is 5.89. The van der Waals surface area contributed by atoms with Gasteiger partial charge in [-0.3, -0.25) is 4.90 Å². The topological polar surface area (TPSA) is 44.7 Å².